The Hall–Kier alpha value is -5.84. The molecule has 0 fully saturated rings. The molecule has 0 aliphatic heterocycles. The number of nitrogens with zero attached hydrogens (tertiary/aromatic N) is 5. The first kappa shape index (κ1) is 33.1. The first-order chi connectivity index (χ1) is 23.6. The van der Waals surface area contributed by atoms with Crippen LogP contribution in [-0.4, -0.2) is 36.2 Å². The Morgan fingerprint density at radius 1 is 0.939 bits per heavy atom. The van der Waals surface area contributed by atoms with Gasteiger partial charge >= 0.3 is 6.18 Å². The highest BCUT2D eigenvalue weighted by Gasteiger charge is 2.36. The number of alkyl halides is 3. The topological polar surface area (TPSA) is 112 Å². The van der Waals surface area contributed by atoms with Gasteiger partial charge in [0.15, 0.2) is 5.78 Å². The van der Waals surface area contributed by atoms with Gasteiger partial charge in [-0.05, 0) is 42.5 Å². The Bertz CT molecular complexity index is 2290. The van der Waals surface area contributed by atoms with E-state index in [4.69, 9.17) is 11.6 Å². The average Bonchev–Trinajstić information content (AvgIpc) is 3.73. The molecule has 0 saturated heterocycles. The third-order valence-electron chi connectivity index (χ3n) is 7.17. The first-order valence-corrected chi connectivity index (χ1v) is 15.7. The molecule has 0 spiro atoms. The lowest BCUT2D eigenvalue weighted by Gasteiger charge is -2.13. The second-order valence-corrected chi connectivity index (χ2v) is 12.3. The van der Waals surface area contributed by atoms with Gasteiger partial charge in [-0.2, -0.15) is 33.1 Å². The molecule has 244 valence electrons. The molecule has 0 amide bonds. The number of Topliss-reactive ketones (excluding diaryl/α,β-unsaturated/α-hetero) is 1. The summed E-state index contributed by atoms with van der Waals surface area (Å²) in [5.74, 6) is 4.57. The zero-order valence-corrected chi connectivity index (χ0v) is 26.7. The van der Waals surface area contributed by atoms with Crippen molar-refractivity contribution in [3.05, 3.63) is 151 Å². The molecular weight excluding hydrogens is 677 g/mol. The fourth-order valence-corrected chi connectivity index (χ4v) is 5.84. The van der Waals surface area contributed by atoms with Crippen molar-refractivity contribution in [1.82, 2.24) is 24.5 Å². The fourth-order valence-electron chi connectivity index (χ4n) is 4.82. The second-order valence-electron chi connectivity index (χ2n) is 10.5. The Labute approximate surface area is 285 Å². The third-order valence-corrected chi connectivity index (χ3v) is 8.41. The normalized spacial score (nSPS) is 11.1. The van der Waals surface area contributed by atoms with Crippen LogP contribution in [0.1, 0.15) is 42.3 Å². The monoisotopic (exact) mass is 698 g/mol. The molecule has 1 N–H and O–H groups in total. The number of nitrogens with one attached hydrogen (secondary N) is 1. The summed E-state index contributed by atoms with van der Waals surface area (Å²) in [6, 6.07) is 21.0. The predicted octanol–water partition coefficient (Wildman–Crippen LogP) is 6.82. The molecule has 2 aromatic carbocycles. The van der Waals surface area contributed by atoms with Crippen molar-refractivity contribution in [1.29, 1.82) is 0 Å². The van der Waals surface area contributed by atoms with Gasteiger partial charge in [0.25, 0.3) is 11.5 Å². The van der Waals surface area contributed by atoms with Crippen molar-refractivity contribution in [2.24, 2.45) is 0 Å². The van der Waals surface area contributed by atoms with E-state index in [-0.39, 0.29) is 41.3 Å². The van der Waals surface area contributed by atoms with Gasteiger partial charge in [-0.15, -0.1) is 11.3 Å². The van der Waals surface area contributed by atoms with Crippen LogP contribution in [0, 0.1) is 11.8 Å². The number of hydrogen-bond acceptors (Lipinski definition) is 8. The molecule has 4 aromatic heterocycles. The minimum absolute atomic E-state index is 0.0696. The highest BCUT2D eigenvalue weighted by molar-refractivity contribution is 7.16. The lowest BCUT2D eigenvalue weighted by molar-refractivity contribution is -0.137. The van der Waals surface area contributed by atoms with Crippen LogP contribution in [0.4, 0.5) is 19.0 Å². The number of aromatic nitrogens is 5. The van der Waals surface area contributed by atoms with Crippen molar-refractivity contribution in [3.8, 4) is 23.1 Å². The highest BCUT2D eigenvalue weighted by Crippen LogP contribution is 2.33. The quantitative estimate of drug-likeness (QED) is 0.137. The number of benzene rings is 2. The van der Waals surface area contributed by atoms with Crippen LogP contribution in [0.5, 0.6) is 0 Å². The molecule has 9 nitrogen and oxygen atoms in total. The third kappa shape index (κ3) is 7.67. The van der Waals surface area contributed by atoms with Crippen LogP contribution in [0.3, 0.4) is 0 Å². The summed E-state index contributed by atoms with van der Waals surface area (Å²) in [5.41, 5.74) is -0.825. The number of halogens is 4. The molecule has 6 rings (SSSR count). The molecule has 0 saturated carbocycles. The van der Waals surface area contributed by atoms with Gasteiger partial charge in [-0.3, -0.25) is 14.4 Å². The van der Waals surface area contributed by atoms with E-state index in [9.17, 15) is 27.6 Å². The smallest absolute Gasteiger partial charge is 0.365 e. The molecule has 0 bridgehead atoms. The summed E-state index contributed by atoms with van der Waals surface area (Å²) in [7, 11) is 0. The number of ketones is 1. The maximum Gasteiger partial charge on any atom is 0.417 e. The van der Waals surface area contributed by atoms with Gasteiger partial charge in [0, 0.05) is 45.5 Å². The summed E-state index contributed by atoms with van der Waals surface area (Å²) in [4.78, 5) is 40.9. The Morgan fingerprint density at radius 3 is 2.43 bits per heavy atom. The zero-order valence-electron chi connectivity index (χ0n) is 25.1. The van der Waals surface area contributed by atoms with E-state index >= 15 is 0 Å². The van der Waals surface area contributed by atoms with E-state index in [1.165, 1.54) is 60.3 Å². The van der Waals surface area contributed by atoms with Gasteiger partial charge in [-0.25, -0.2) is 0 Å². The Morgan fingerprint density at radius 2 is 1.71 bits per heavy atom. The largest absolute Gasteiger partial charge is 0.417 e. The van der Waals surface area contributed by atoms with Crippen molar-refractivity contribution in [2.75, 3.05) is 5.32 Å². The maximum atomic E-state index is 14.0. The van der Waals surface area contributed by atoms with Gasteiger partial charge in [0.05, 0.1) is 46.6 Å². The standard InChI is InChI=1S/C35H22ClF3N6O3S/c36-31-13-12-25(49-31)19-40-32-17-29(43-45(32)34(48)26-8-4-5-9-28(26)35(37,38)39)27-20-44(21-30(46)24-14-15-41-42-18-24)33(47)16-23(27)11-10-22-6-2-1-3-7-22/h1-9,12-18,20,40H,19,21H2. The van der Waals surface area contributed by atoms with Crippen LogP contribution in [0.2, 0.25) is 4.34 Å². The summed E-state index contributed by atoms with van der Waals surface area (Å²) in [6.45, 7) is -0.196. The van der Waals surface area contributed by atoms with E-state index in [1.54, 1.807) is 36.4 Å². The van der Waals surface area contributed by atoms with Crippen molar-refractivity contribution < 1.29 is 22.8 Å². The summed E-state index contributed by atoms with van der Waals surface area (Å²) in [6.07, 6.45) is -0.800. The molecule has 14 heteroatoms. The first-order valence-electron chi connectivity index (χ1n) is 14.5. The Kier molecular flexibility index (Phi) is 9.52. The van der Waals surface area contributed by atoms with Crippen LogP contribution in [0.25, 0.3) is 11.3 Å². The van der Waals surface area contributed by atoms with Crippen molar-refractivity contribution >= 4 is 40.4 Å². The summed E-state index contributed by atoms with van der Waals surface area (Å²) in [5, 5.41) is 14.9. The van der Waals surface area contributed by atoms with Crippen LogP contribution in [-0.2, 0) is 19.3 Å². The van der Waals surface area contributed by atoms with Crippen LogP contribution < -0.4 is 10.9 Å². The van der Waals surface area contributed by atoms with Crippen LogP contribution >= 0.6 is 22.9 Å². The van der Waals surface area contributed by atoms with Crippen molar-refractivity contribution in [3.63, 3.8) is 0 Å². The number of rotatable bonds is 8. The van der Waals surface area contributed by atoms with Gasteiger partial charge in [0.1, 0.15) is 5.82 Å². The zero-order chi connectivity index (χ0) is 34.5. The van der Waals surface area contributed by atoms with E-state index in [1.807, 2.05) is 6.07 Å². The average molecular weight is 699 g/mol. The Balaban J connectivity index is 1.49. The van der Waals surface area contributed by atoms with Gasteiger partial charge in [0.2, 0.25) is 0 Å². The number of carbonyl (C=O) groups is 2. The summed E-state index contributed by atoms with van der Waals surface area (Å²) < 4.78 is 44.4. The molecule has 0 atom stereocenters. The molecule has 0 radical (unpaired) electrons. The van der Waals surface area contributed by atoms with E-state index in [0.717, 1.165) is 26.3 Å². The van der Waals surface area contributed by atoms with E-state index in [0.29, 0.717) is 9.90 Å². The molecule has 0 unspecified atom stereocenters. The van der Waals surface area contributed by atoms with Gasteiger partial charge < -0.3 is 9.88 Å². The number of carbonyl (C=O) groups excluding carboxylic acids is 2. The minimum atomic E-state index is -4.81. The lowest BCUT2D eigenvalue weighted by atomic mass is 10.1. The number of anilines is 1. The number of thiophene rings is 1. The fraction of sp³-hybridized carbons (Fsp3) is 0.0857. The van der Waals surface area contributed by atoms with Gasteiger partial charge in [-0.1, -0.05) is 53.8 Å². The predicted molar refractivity (Wildman–Crippen MR) is 179 cm³/mol. The minimum Gasteiger partial charge on any atom is -0.365 e. The summed E-state index contributed by atoms with van der Waals surface area (Å²) >= 11 is 7.37. The molecular formula is C35H22ClF3N6O3S. The molecule has 4 heterocycles. The van der Waals surface area contributed by atoms with Crippen molar-refractivity contribution in [2.45, 2.75) is 19.3 Å². The molecule has 6 aromatic rings. The number of pyridine rings is 1. The number of hydrogen-bond donors (Lipinski definition) is 1. The molecule has 0 aliphatic carbocycles. The molecule has 49 heavy (non-hydrogen) atoms. The highest BCUT2D eigenvalue weighted by atomic mass is 35.5. The second kappa shape index (κ2) is 14.1. The maximum absolute atomic E-state index is 14.0. The molecule has 0 aliphatic rings. The SMILES string of the molecule is O=C(Cn1cc(-c2cc(NCc3ccc(Cl)s3)n(C(=O)c3ccccc3C(F)(F)F)n2)c(C#Cc2ccccc2)cc1=O)c1ccnnc1. The van der Waals surface area contributed by atoms with Crippen LogP contribution in [0.15, 0.2) is 108 Å². The van der Waals surface area contributed by atoms with E-state index in [2.05, 4.69) is 32.5 Å². The van der Waals surface area contributed by atoms with E-state index < -0.39 is 34.6 Å². The lowest BCUT2D eigenvalue weighted by Crippen LogP contribution is -2.24.